The third kappa shape index (κ3) is 8.24. The Kier molecular flexibility index (Phi) is 7.41. The van der Waals surface area contributed by atoms with Crippen molar-refractivity contribution in [2.24, 2.45) is 0 Å². The highest BCUT2D eigenvalue weighted by molar-refractivity contribution is 7.45. The van der Waals surface area contributed by atoms with Crippen LogP contribution in [-0.4, -0.2) is 57.5 Å². The summed E-state index contributed by atoms with van der Waals surface area (Å²) in [6.45, 7) is 9.17. The molecule has 0 radical (unpaired) electrons. The second-order valence-corrected chi connectivity index (χ2v) is 8.10. The van der Waals surface area contributed by atoms with E-state index in [-0.39, 0.29) is 11.5 Å². The Labute approximate surface area is 143 Å². The second kappa shape index (κ2) is 8.43. The summed E-state index contributed by atoms with van der Waals surface area (Å²) in [5.74, 6) is 0.387. The lowest BCUT2D eigenvalue weighted by Gasteiger charge is -2.30. The van der Waals surface area contributed by atoms with Gasteiger partial charge >= 0.3 is 7.82 Å². The SMILES string of the molecule is CN1CCOC(Cc2ccc(O)c(C(C)(C)C)c2)C1.O=P(O)(O)O. The Hall–Kier alpha value is -0.950. The molecule has 1 atom stereocenters. The van der Waals surface area contributed by atoms with Gasteiger partial charge in [-0.05, 0) is 36.1 Å². The number of phenols is 1. The van der Waals surface area contributed by atoms with Gasteiger partial charge < -0.3 is 29.4 Å². The van der Waals surface area contributed by atoms with E-state index >= 15 is 0 Å². The third-order valence-corrected chi connectivity index (χ3v) is 3.67. The molecule has 0 saturated carbocycles. The van der Waals surface area contributed by atoms with Crippen LogP contribution in [0.2, 0.25) is 0 Å². The molecule has 1 fully saturated rings. The molecule has 0 amide bonds. The first kappa shape index (κ1) is 21.1. The van der Waals surface area contributed by atoms with Gasteiger partial charge in [-0.15, -0.1) is 0 Å². The molecule has 1 unspecified atom stereocenters. The first-order chi connectivity index (χ1) is 10.9. The van der Waals surface area contributed by atoms with Gasteiger partial charge in [0.25, 0.3) is 0 Å². The Balaban J connectivity index is 0.000000505. The van der Waals surface area contributed by atoms with Crippen LogP contribution in [-0.2, 0) is 21.1 Å². The number of phenolic OH excluding ortho intramolecular Hbond substituents is 1. The fourth-order valence-electron chi connectivity index (χ4n) is 2.56. The maximum Gasteiger partial charge on any atom is 0.466 e. The van der Waals surface area contributed by atoms with Gasteiger partial charge in [0, 0.05) is 13.1 Å². The smallest absolute Gasteiger partial charge is 0.466 e. The highest BCUT2D eigenvalue weighted by Crippen LogP contribution is 2.31. The van der Waals surface area contributed by atoms with E-state index in [1.54, 1.807) is 0 Å². The Morgan fingerprint density at radius 1 is 1.29 bits per heavy atom. The van der Waals surface area contributed by atoms with Crippen molar-refractivity contribution in [3.05, 3.63) is 29.3 Å². The molecule has 1 aliphatic heterocycles. The van der Waals surface area contributed by atoms with Crippen LogP contribution in [0.5, 0.6) is 5.75 Å². The molecular formula is C16H28NO6P. The van der Waals surface area contributed by atoms with Gasteiger partial charge in [0.15, 0.2) is 0 Å². The van der Waals surface area contributed by atoms with Gasteiger partial charge in [0.1, 0.15) is 5.75 Å². The van der Waals surface area contributed by atoms with E-state index in [9.17, 15) is 5.11 Å². The van der Waals surface area contributed by atoms with Gasteiger partial charge in [-0.3, -0.25) is 0 Å². The molecule has 1 aromatic rings. The molecule has 4 N–H and O–H groups in total. The summed E-state index contributed by atoms with van der Waals surface area (Å²) in [6.07, 6.45) is 1.17. The van der Waals surface area contributed by atoms with Crippen molar-refractivity contribution >= 4 is 7.82 Å². The lowest BCUT2D eigenvalue weighted by atomic mass is 9.85. The zero-order valence-corrected chi connectivity index (χ0v) is 15.5. The van der Waals surface area contributed by atoms with Crippen LogP contribution >= 0.6 is 7.82 Å². The Morgan fingerprint density at radius 2 is 1.88 bits per heavy atom. The number of hydrogen-bond acceptors (Lipinski definition) is 4. The van der Waals surface area contributed by atoms with E-state index < -0.39 is 7.82 Å². The molecule has 0 bridgehead atoms. The van der Waals surface area contributed by atoms with Gasteiger partial charge in [-0.2, -0.15) is 0 Å². The summed E-state index contributed by atoms with van der Waals surface area (Å²) in [7, 11) is -2.51. The summed E-state index contributed by atoms with van der Waals surface area (Å²) in [5, 5.41) is 9.98. The van der Waals surface area contributed by atoms with Crippen molar-refractivity contribution in [2.45, 2.75) is 38.7 Å². The van der Waals surface area contributed by atoms with Crippen molar-refractivity contribution in [1.29, 1.82) is 0 Å². The van der Waals surface area contributed by atoms with E-state index in [1.807, 2.05) is 12.1 Å². The maximum atomic E-state index is 9.98. The van der Waals surface area contributed by atoms with Crippen molar-refractivity contribution in [1.82, 2.24) is 4.90 Å². The zero-order valence-electron chi connectivity index (χ0n) is 14.6. The number of nitrogens with zero attached hydrogens (tertiary/aromatic N) is 1. The number of likely N-dealkylation sites (N-methyl/N-ethyl adjacent to an activating group) is 1. The normalized spacial score (nSPS) is 19.5. The number of hydrogen-bond donors (Lipinski definition) is 4. The molecule has 138 valence electrons. The van der Waals surface area contributed by atoms with Crippen molar-refractivity contribution < 1.29 is 29.1 Å². The molecule has 1 aliphatic rings. The van der Waals surface area contributed by atoms with Crippen molar-refractivity contribution in [2.75, 3.05) is 26.7 Å². The average Bonchev–Trinajstić information content (AvgIpc) is 2.38. The minimum Gasteiger partial charge on any atom is -0.508 e. The Bertz CT molecular complexity index is 572. The molecule has 8 heteroatoms. The molecule has 1 heterocycles. The lowest BCUT2D eigenvalue weighted by molar-refractivity contribution is -0.0185. The van der Waals surface area contributed by atoms with Crippen LogP contribution in [0.3, 0.4) is 0 Å². The topological polar surface area (TPSA) is 110 Å². The van der Waals surface area contributed by atoms with Crippen molar-refractivity contribution in [3.63, 3.8) is 0 Å². The van der Waals surface area contributed by atoms with E-state index in [0.717, 1.165) is 31.7 Å². The maximum absolute atomic E-state index is 9.98. The second-order valence-electron chi connectivity index (χ2n) is 7.07. The van der Waals surface area contributed by atoms with Crippen molar-refractivity contribution in [3.8, 4) is 5.75 Å². The number of benzene rings is 1. The third-order valence-electron chi connectivity index (χ3n) is 3.67. The summed E-state index contributed by atoms with van der Waals surface area (Å²) in [4.78, 5) is 23.9. The number of morpholine rings is 1. The van der Waals surface area contributed by atoms with Crippen LogP contribution in [0.4, 0.5) is 0 Å². The average molecular weight is 361 g/mol. The zero-order chi connectivity index (χ0) is 18.5. The summed E-state index contributed by atoms with van der Waals surface area (Å²) < 4.78 is 14.7. The highest BCUT2D eigenvalue weighted by atomic mass is 31.2. The first-order valence-corrected chi connectivity index (χ1v) is 9.33. The molecule has 0 aromatic heterocycles. The molecule has 7 nitrogen and oxygen atoms in total. The Morgan fingerprint density at radius 3 is 2.38 bits per heavy atom. The van der Waals surface area contributed by atoms with Gasteiger partial charge in [0.2, 0.25) is 0 Å². The monoisotopic (exact) mass is 361 g/mol. The lowest BCUT2D eigenvalue weighted by Crippen LogP contribution is -2.40. The number of aromatic hydroxyl groups is 1. The predicted octanol–water partition coefficient (Wildman–Crippen LogP) is 1.63. The fourth-order valence-corrected chi connectivity index (χ4v) is 2.56. The van der Waals surface area contributed by atoms with E-state index in [0.29, 0.717) is 5.75 Å². The summed E-state index contributed by atoms with van der Waals surface area (Å²) in [6, 6.07) is 5.93. The van der Waals surface area contributed by atoms with Gasteiger partial charge in [0.05, 0.1) is 12.7 Å². The number of rotatable bonds is 2. The quantitative estimate of drug-likeness (QED) is 0.593. The molecule has 1 aromatic carbocycles. The van der Waals surface area contributed by atoms with Gasteiger partial charge in [-0.1, -0.05) is 32.9 Å². The minimum absolute atomic E-state index is 0.0374. The van der Waals surface area contributed by atoms with Crippen LogP contribution < -0.4 is 0 Å². The fraction of sp³-hybridized carbons (Fsp3) is 0.625. The van der Waals surface area contributed by atoms with Crippen LogP contribution in [0, 0.1) is 0 Å². The number of phosphoric acid groups is 1. The summed E-state index contributed by atoms with van der Waals surface area (Å²) >= 11 is 0. The first-order valence-electron chi connectivity index (χ1n) is 7.77. The van der Waals surface area contributed by atoms with Crippen LogP contribution in [0.25, 0.3) is 0 Å². The number of ether oxygens (including phenoxy) is 1. The minimum atomic E-state index is -4.64. The van der Waals surface area contributed by atoms with Gasteiger partial charge in [-0.25, -0.2) is 4.57 Å². The summed E-state index contributed by atoms with van der Waals surface area (Å²) in [5.41, 5.74) is 2.21. The van der Waals surface area contributed by atoms with E-state index in [4.69, 9.17) is 24.0 Å². The molecule has 24 heavy (non-hydrogen) atoms. The van der Waals surface area contributed by atoms with E-state index in [2.05, 4.69) is 38.8 Å². The molecule has 1 saturated heterocycles. The predicted molar refractivity (Wildman–Crippen MR) is 92.0 cm³/mol. The van der Waals surface area contributed by atoms with Crippen LogP contribution in [0.15, 0.2) is 18.2 Å². The molecular weight excluding hydrogens is 333 g/mol. The van der Waals surface area contributed by atoms with Crippen LogP contribution in [0.1, 0.15) is 31.9 Å². The highest BCUT2D eigenvalue weighted by Gasteiger charge is 2.21. The largest absolute Gasteiger partial charge is 0.508 e. The molecule has 2 rings (SSSR count). The van der Waals surface area contributed by atoms with E-state index in [1.165, 1.54) is 5.56 Å². The molecule has 0 aliphatic carbocycles. The standard InChI is InChI=1S/C16H25NO2.H3O4P/c1-16(2,3)14-10-12(5-6-15(14)18)9-13-11-17(4)7-8-19-13;1-5(2,3)4/h5-6,10,13,18H,7-9,11H2,1-4H3;(H3,1,2,3,4). The molecule has 0 spiro atoms.